The fourth-order valence-corrected chi connectivity index (χ4v) is 2.58. The molecule has 0 amide bonds. The van der Waals surface area contributed by atoms with Crippen LogP contribution in [0, 0.1) is 0 Å². The Morgan fingerprint density at radius 2 is 2.12 bits per heavy atom. The molecule has 0 radical (unpaired) electrons. The number of ether oxygens (including phenoxy) is 2. The topological polar surface area (TPSA) is 35.5 Å². The quantitative estimate of drug-likeness (QED) is 0.735. The molecular formula is C14H16O3. The fraction of sp³-hybridized carbons (Fsp3) is 0.500. The predicted molar refractivity (Wildman–Crippen MR) is 62.9 cm³/mol. The summed E-state index contributed by atoms with van der Waals surface area (Å²) < 4.78 is 11.0. The molecule has 2 heterocycles. The van der Waals surface area contributed by atoms with E-state index in [-0.39, 0.29) is 5.78 Å². The van der Waals surface area contributed by atoms with Gasteiger partial charge in [0, 0.05) is 12.2 Å². The normalized spacial score (nSPS) is 27.1. The molecule has 1 unspecified atom stereocenters. The monoisotopic (exact) mass is 232 g/mol. The van der Waals surface area contributed by atoms with Gasteiger partial charge in [-0.25, -0.2) is 0 Å². The maximum Gasteiger partial charge on any atom is 0.194 e. The lowest BCUT2D eigenvalue weighted by Crippen LogP contribution is -2.34. The van der Waals surface area contributed by atoms with Gasteiger partial charge in [0.25, 0.3) is 0 Å². The molecule has 0 aromatic heterocycles. The maximum absolute atomic E-state index is 12.4. The SMILES string of the molecule is CC1(C(=O)c2ccc3c(c2)COC3)CCCO1. The van der Waals surface area contributed by atoms with Crippen LogP contribution in [-0.2, 0) is 22.7 Å². The summed E-state index contributed by atoms with van der Waals surface area (Å²) in [6.45, 7) is 3.87. The van der Waals surface area contributed by atoms with Crippen LogP contribution < -0.4 is 0 Å². The minimum absolute atomic E-state index is 0.102. The summed E-state index contributed by atoms with van der Waals surface area (Å²) in [5.41, 5.74) is 2.46. The predicted octanol–water partition coefficient (Wildman–Crippen LogP) is 2.47. The molecule has 3 rings (SSSR count). The van der Waals surface area contributed by atoms with E-state index in [1.165, 1.54) is 5.56 Å². The first-order chi connectivity index (χ1) is 8.19. The third kappa shape index (κ3) is 1.79. The lowest BCUT2D eigenvalue weighted by molar-refractivity contribution is 0.0213. The van der Waals surface area contributed by atoms with E-state index in [2.05, 4.69) is 0 Å². The van der Waals surface area contributed by atoms with E-state index in [4.69, 9.17) is 9.47 Å². The molecule has 1 fully saturated rings. The minimum Gasteiger partial charge on any atom is -0.372 e. The second kappa shape index (κ2) is 3.93. The van der Waals surface area contributed by atoms with Crippen molar-refractivity contribution in [2.24, 2.45) is 0 Å². The van der Waals surface area contributed by atoms with E-state index in [0.29, 0.717) is 19.8 Å². The van der Waals surface area contributed by atoms with Crippen LogP contribution in [-0.4, -0.2) is 18.0 Å². The third-order valence-electron chi connectivity index (χ3n) is 3.68. The van der Waals surface area contributed by atoms with Crippen molar-refractivity contribution in [1.82, 2.24) is 0 Å². The Hall–Kier alpha value is -1.19. The molecule has 1 aromatic rings. The third-order valence-corrected chi connectivity index (χ3v) is 3.68. The van der Waals surface area contributed by atoms with Crippen molar-refractivity contribution < 1.29 is 14.3 Å². The zero-order chi connectivity index (χ0) is 11.9. The largest absolute Gasteiger partial charge is 0.372 e. The Morgan fingerprint density at radius 3 is 2.88 bits per heavy atom. The Kier molecular flexibility index (Phi) is 2.53. The van der Waals surface area contributed by atoms with Crippen LogP contribution in [0.5, 0.6) is 0 Å². The molecule has 0 N–H and O–H groups in total. The first-order valence-electron chi connectivity index (χ1n) is 6.07. The van der Waals surface area contributed by atoms with E-state index >= 15 is 0 Å². The van der Waals surface area contributed by atoms with Gasteiger partial charge in [-0.15, -0.1) is 0 Å². The zero-order valence-corrected chi connectivity index (χ0v) is 9.99. The second-order valence-corrected chi connectivity index (χ2v) is 4.99. The molecule has 1 saturated heterocycles. The summed E-state index contributed by atoms with van der Waals surface area (Å²) in [6, 6.07) is 5.84. The molecule has 1 aromatic carbocycles. The number of carbonyl (C=O) groups excluding carboxylic acids is 1. The smallest absolute Gasteiger partial charge is 0.194 e. The Balaban J connectivity index is 1.91. The van der Waals surface area contributed by atoms with E-state index in [1.54, 1.807) is 0 Å². The zero-order valence-electron chi connectivity index (χ0n) is 9.99. The molecular weight excluding hydrogens is 216 g/mol. The van der Waals surface area contributed by atoms with Crippen molar-refractivity contribution >= 4 is 5.78 Å². The van der Waals surface area contributed by atoms with E-state index in [1.807, 2.05) is 25.1 Å². The molecule has 3 nitrogen and oxygen atoms in total. The standard InChI is InChI=1S/C14H16O3/c1-14(5-2-6-17-14)13(15)10-3-4-11-8-16-9-12(11)7-10/h3-4,7H,2,5-6,8-9H2,1H3. The van der Waals surface area contributed by atoms with Gasteiger partial charge in [-0.3, -0.25) is 4.79 Å². The fourth-order valence-electron chi connectivity index (χ4n) is 2.58. The summed E-state index contributed by atoms with van der Waals surface area (Å²) >= 11 is 0. The van der Waals surface area contributed by atoms with Gasteiger partial charge in [0.15, 0.2) is 5.78 Å². The molecule has 0 spiro atoms. The van der Waals surface area contributed by atoms with Crippen molar-refractivity contribution in [3.63, 3.8) is 0 Å². The average Bonchev–Trinajstić information content (AvgIpc) is 2.96. The summed E-state index contributed by atoms with van der Waals surface area (Å²) in [4.78, 5) is 12.4. The highest BCUT2D eigenvalue weighted by Gasteiger charge is 2.38. The Bertz CT molecular complexity index is 459. The number of ketones is 1. The minimum atomic E-state index is -0.617. The summed E-state index contributed by atoms with van der Waals surface area (Å²) in [5.74, 6) is 0.102. The average molecular weight is 232 g/mol. The van der Waals surface area contributed by atoms with Crippen molar-refractivity contribution in [3.05, 3.63) is 34.9 Å². The highest BCUT2D eigenvalue weighted by molar-refractivity contribution is 6.02. The summed E-state index contributed by atoms with van der Waals surface area (Å²) in [5, 5.41) is 0. The van der Waals surface area contributed by atoms with Crippen molar-refractivity contribution in [2.45, 2.75) is 38.6 Å². The first-order valence-corrected chi connectivity index (χ1v) is 6.07. The van der Waals surface area contributed by atoms with Gasteiger partial charge < -0.3 is 9.47 Å². The number of fused-ring (bicyclic) bond motifs is 1. The van der Waals surface area contributed by atoms with Crippen LogP contribution in [0.4, 0.5) is 0 Å². The highest BCUT2D eigenvalue weighted by atomic mass is 16.5. The van der Waals surface area contributed by atoms with E-state index in [9.17, 15) is 4.79 Å². The molecule has 2 aliphatic rings. The van der Waals surface area contributed by atoms with Gasteiger partial charge in [0.2, 0.25) is 0 Å². The van der Waals surface area contributed by atoms with Crippen LogP contribution in [0.25, 0.3) is 0 Å². The van der Waals surface area contributed by atoms with E-state index < -0.39 is 5.60 Å². The maximum atomic E-state index is 12.4. The van der Waals surface area contributed by atoms with Crippen LogP contribution in [0.1, 0.15) is 41.3 Å². The first kappa shape index (κ1) is 10.9. The number of benzene rings is 1. The van der Waals surface area contributed by atoms with Gasteiger partial charge in [-0.2, -0.15) is 0 Å². The van der Waals surface area contributed by atoms with Gasteiger partial charge >= 0.3 is 0 Å². The Labute approximate surface area is 101 Å². The van der Waals surface area contributed by atoms with E-state index in [0.717, 1.165) is 24.0 Å². The molecule has 17 heavy (non-hydrogen) atoms. The number of hydrogen-bond acceptors (Lipinski definition) is 3. The van der Waals surface area contributed by atoms with Crippen molar-refractivity contribution in [3.8, 4) is 0 Å². The van der Waals surface area contributed by atoms with Crippen LogP contribution in [0.3, 0.4) is 0 Å². The van der Waals surface area contributed by atoms with Crippen LogP contribution in [0.15, 0.2) is 18.2 Å². The number of rotatable bonds is 2. The molecule has 3 heteroatoms. The summed E-state index contributed by atoms with van der Waals surface area (Å²) in [7, 11) is 0. The molecule has 2 aliphatic heterocycles. The van der Waals surface area contributed by atoms with Crippen molar-refractivity contribution in [1.29, 1.82) is 0 Å². The molecule has 0 saturated carbocycles. The molecule has 0 bridgehead atoms. The van der Waals surface area contributed by atoms with Gasteiger partial charge in [-0.05, 0) is 37.0 Å². The van der Waals surface area contributed by atoms with Crippen LogP contribution >= 0.6 is 0 Å². The summed E-state index contributed by atoms with van der Waals surface area (Å²) in [6.07, 6.45) is 1.79. The number of Topliss-reactive ketones (excluding diaryl/α,β-unsaturated/α-hetero) is 1. The second-order valence-electron chi connectivity index (χ2n) is 4.99. The Morgan fingerprint density at radius 1 is 1.29 bits per heavy atom. The molecule has 90 valence electrons. The van der Waals surface area contributed by atoms with Gasteiger partial charge in [0.1, 0.15) is 5.60 Å². The van der Waals surface area contributed by atoms with Crippen molar-refractivity contribution in [2.75, 3.05) is 6.61 Å². The number of hydrogen-bond donors (Lipinski definition) is 0. The van der Waals surface area contributed by atoms with Gasteiger partial charge in [0.05, 0.1) is 13.2 Å². The van der Waals surface area contributed by atoms with Gasteiger partial charge in [-0.1, -0.05) is 12.1 Å². The molecule has 1 atom stereocenters. The lowest BCUT2D eigenvalue weighted by Gasteiger charge is -2.21. The number of carbonyl (C=O) groups is 1. The van der Waals surface area contributed by atoms with Crippen LogP contribution in [0.2, 0.25) is 0 Å². The highest BCUT2D eigenvalue weighted by Crippen LogP contribution is 2.30. The molecule has 0 aliphatic carbocycles. The lowest BCUT2D eigenvalue weighted by atomic mass is 9.90.